The van der Waals surface area contributed by atoms with Crippen LogP contribution in [0.3, 0.4) is 0 Å². The van der Waals surface area contributed by atoms with Crippen molar-refractivity contribution in [1.29, 1.82) is 0 Å². The Morgan fingerprint density at radius 1 is 1.04 bits per heavy atom. The van der Waals surface area contributed by atoms with Gasteiger partial charge in [0.05, 0.1) is 6.54 Å². The number of fused-ring (bicyclic) bond motifs is 1. The summed E-state index contributed by atoms with van der Waals surface area (Å²) in [7, 11) is 0. The van der Waals surface area contributed by atoms with Gasteiger partial charge in [0.1, 0.15) is 12.4 Å². The molecule has 0 bridgehead atoms. The van der Waals surface area contributed by atoms with Gasteiger partial charge in [-0.1, -0.05) is 42.0 Å². The van der Waals surface area contributed by atoms with Gasteiger partial charge in [0, 0.05) is 6.54 Å². The molecule has 0 heterocycles. The number of aryl methyl sites for hydroxylation is 2. The molecule has 0 aliphatic heterocycles. The van der Waals surface area contributed by atoms with E-state index in [0.29, 0.717) is 19.7 Å². The molecule has 1 aliphatic rings. The Kier molecular flexibility index (Phi) is 5.94. The summed E-state index contributed by atoms with van der Waals surface area (Å²) in [4.78, 5) is 11.8. The van der Waals surface area contributed by atoms with E-state index in [1.165, 1.54) is 29.5 Å². The van der Waals surface area contributed by atoms with E-state index in [-0.39, 0.29) is 6.03 Å². The minimum Gasteiger partial charge on any atom is -0.491 e. The molecule has 0 saturated carbocycles. The molecule has 1 aliphatic carbocycles. The van der Waals surface area contributed by atoms with Crippen LogP contribution in [0.15, 0.2) is 42.5 Å². The summed E-state index contributed by atoms with van der Waals surface area (Å²) in [6.07, 6.45) is 4.73. The van der Waals surface area contributed by atoms with Crippen LogP contribution in [-0.2, 0) is 19.4 Å². The molecule has 4 nitrogen and oxygen atoms in total. The molecular formula is C21H26N2O2. The van der Waals surface area contributed by atoms with E-state index in [1.807, 2.05) is 37.3 Å². The smallest absolute Gasteiger partial charge is 0.315 e. The van der Waals surface area contributed by atoms with Gasteiger partial charge in [0.25, 0.3) is 0 Å². The number of hydrogen-bond acceptors (Lipinski definition) is 2. The van der Waals surface area contributed by atoms with Crippen LogP contribution in [0.2, 0.25) is 0 Å². The number of carbonyl (C=O) groups is 1. The van der Waals surface area contributed by atoms with Gasteiger partial charge in [-0.05, 0) is 55.4 Å². The van der Waals surface area contributed by atoms with Gasteiger partial charge in [0.15, 0.2) is 0 Å². The molecule has 0 saturated heterocycles. The largest absolute Gasteiger partial charge is 0.491 e. The highest BCUT2D eigenvalue weighted by Crippen LogP contribution is 2.29. The summed E-state index contributed by atoms with van der Waals surface area (Å²) >= 11 is 0. The Morgan fingerprint density at radius 3 is 2.68 bits per heavy atom. The van der Waals surface area contributed by atoms with Crippen LogP contribution in [0.25, 0.3) is 0 Å². The number of nitrogens with one attached hydrogen (secondary N) is 2. The molecule has 0 aromatic heterocycles. The van der Waals surface area contributed by atoms with Crippen molar-refractivity contribution < 1.29 is 9.53 Å². The third kappa shape index (κ3) is 4.99. The van der Waals surface area contributed by atoms with E-state index in [2.05, 4.69) is 22.8 Å². The zero-order valence-corrected chi connectivity index (χ0v) is 14.8. The molecule has 2 amide bonds. The van der Waals surface area contributed by atoms with E-state index in [9.17, 15) is 4.79 Å². The maximum absolute atomic E-state index is 11.8. The second-order valence-electron chi connectivity index (χ2n) is 6.54. The second-order valence-corrected chi connectivity index (χ2v) is 6.54. The van der Waals surface area contributed by atoms with Crippen LogP contribution in [-0.4, -0.2) is 19.2 Å². The Hall–Kier alpha value is -2.49. The average molecular weight is 338 g/mol. The molecule has 0 radical (unpaired) electrons. The van der Waals surface area contributed by atoms with Crippen LogP contribution in [0, 0.1) is 6.92 Å². The lowest BCUT2D eigenvalue weighted by atomic mass is 9.91. The Balaban J connectivity index is 1.38. The lowest BCUT2D eigenvalue weighted by Crippen LogP contribution is -2.37. The minimum absolute atomic E-state index is 0.167. The topological polar surface area (TPSA) is 50.4 Å². The summed E-state index contributed by atoms with van der Waals surface area (Å²) < 4.78 is 5.89. The van der Waals surface area contributed by atoms with Crippen LogP contribution in [0.1, 0.15) is 35.1 Å². The van der Waals surface area contributed by atoms with Gasteiger partial charge in [-0.15, -0.1) is 0 Å². The number of urea groups is 1. The van der Waals surface area contributed by atoms with Gasteiger partial charge >= 0.3 is 6.03 Å². The number of ether oxygens (including phenoxy) is 1. The minimum atomic E-state index is -0.167. The molecule has 2 aromatic carbocycles. The molecule has 0 atom stereocenters. The zero-order valence-electron chi connectivity index (χ0n) is 14.8. The van der Waals surface area contributed by atoms with Gasteiger partial charge in [-0.2, -0.15) is 0 Å². The van der Waals surface area contributed by atoms with Crippen LogP contribution >= 0.6 is 0 Å². The third-order valence-electron chi connectivity index (χ3n) is 4.57. The van der Waals surface area contributed by atoms with Gasteiger partial charge in [-0.25, -0.2) is 4.79 Å². The number of benzene rings is 2. The number of rotatable bonds is 6. The van der Waals surface area contributed by atoms with Crippen molar-refractivity contribution in [2.24, 2.45) is 0 Å². The lowest BCUT2D eigenvalue weighted by Gasteiger charge is -2.19. The fourth-order valence-electron chi connectivity index (χ4n) is 3.16. The molecule has 25 heavy (non-hydrogen) atoms. The number of amides is 2. The first-order valence-corrected chi connectivity index (χ1v) is 9.03. The van der Waals surface area contributed by atoms with E-state index in [4.69, 9.17) is 4.74 Å². The maximum atomic E-state index is 11.8. The van der Waals surface area contributed by atoms with Gasteiger partial charge < -0.3 is 15.4 Å². The summed E-state index contributed by atoms with van der Waals surface area (Å²) in [6, 6.07) is 14.3. The zero-order chi connectivity index (χ0) is 17.5. The van der Waals surface area contributed by atoms with Crippen LogP contribution in [0.5, 0.6) is 5.75 Å². The fourth-order valence-corrected chi connectivity index (χ4v) is 3.16. The first-order valence-electron chi connectivity index (χ1n) is 9.03. The average Bonchev–Trinajstić information content (AvgIpc) is 2.65. The van der Waals surface area contributed by atoms with Crippen molar-refractivity contribution in [3.63, 3.8) is 0 Å². The first-order chi connectivity index (χ1) is 12.2. The Bertz CT molecular complexity index is 710. The highest BCUT2D eigenvalue weighted by molar-refractivity contribution is 5.73. The van der Waals surface area contributed by atoms with E-state index < -0.39 is 0 Å². The molecule has 0 spiro atoms. The summed E-state index contributed by atoms with van der Waals surface area (Å²) in [6.45, 7) is 3.55. The quantitative estimate of drug-likeness (QED) is 0.788. The highest BCUT2D eigenvalue weighted by atomic mass is 16.5. The van der Waals surface area contributed by atoms with E-state index in [1.54, 1.807) is 0 Å². The van der Waals surface area contributed by atoms with Crippen molar-refractivity contribution in [3.05, 3.63) is 64.7 Å². The monoisotopic (exact) mass is 338 g/mol. The van der Waals surface area contributed by atoms with Crippen molar-refractivity contribution in [3.8, 4) is 5.75 Å². The molecule has 4 heteroatoms. The summed E-state index contributed by atoms with van der Waals surface area (Å²) in [5.41, 5.74) is 5.06. The molecule has 0 unspecified atom stereocenters. The van der Waals surface area contributed by atoms with Crippen molar-refractivity contribution in [2.45, 2.75) is 39.2 Å². The van der Waals surface area contributed by atoms with Crippen molar-refractivity contribution in [2.75, 3.05) is 13.2 Å². The van der Waals surface area contributed by atoms with Gasteiger partial charge in [-0.3, -0.25) is 0 Å². The third-order valence-corrected chi connectivity index (χ3v) is 4.57. The Labute approximate surface area is 149 Å². The van der Waals surface area contributed by atoms with E-state index >= 15 is 0 Å². The molecular weight excluding hydrogens is 312 g/mol. The predicted octanol–water partition coefficient (Wildman–Crippen LogP) is 3.75. The lowest BCUT2D eigenvalue weighted by molar-refractivity contribution is 0.236. The second kappa shape index (κ2) is 8.56. The van der Waals surface area contributed by atoms with Gasteiger partial charge in [0.2, 0.25) is 0 Å². The molecule has 2 aromatic rings. The SMILES string of the molecule is Cc1ccc(CNC(=O)NCCOc2cccc3c2CCCC3)cc1. The summed E-state index contributed by atoms with van der Waals surface area (Å²) in [5.74, 6) is 0.971. The number of carbonyl (C=O) groups excluding carboxylic acids is 1. The standard InChI is InChI=1S/C21H26N2O2/c1-16-9-11-17(12-10-16)15-23-21(24)22-13-14-25-20-8-4-6-18-5-2-3-7-19(18)20/h4,6,8-12H,2-3,5,7,13-15H2,1H3,(H2,22,23,24). The molecule has 3 rings (SSSR count). The summed E-state index contributed by atoms with van der Waals surface area (Å²) in [5, 5.41) is 5.70. The van der Waals surface area contributed by atoms with Crippen LogP contribution < -0.4 is 15.4 Å². The van der Waals surface area contributed by atoms with E-state index in [0.717, 1.165) is 24.2 Å². The first kappa shape index (κ1) is 17.3. The normalized spacial score (nSPS) is 13.0. The molecule has 0 fully saturated rings. The fraction of sp³-hybridized carbons (Fsp3) is 0.381. The van der Waals surface area contributed by atoms with Crippen molar-refractivity contribution >= 4 is 6.03 Å². The maximum Gasteiger partial charge on any atom is 0.315 e. The Morgan fingerprint density at radius 2 is 1.84 bits per heavy atom. The van der Waals surface area contributed by atoms with Crippen LogP contribution in [0.4, 0.5) is 4.79 Å². The highest BCUT2D eigenvalue weighted by Gasteiger charge is 2.13. The molecule has 2 N–H and O–H groups in total. The molecule has 132 valence electrons. The van der Waals surface area contributed by atoms with Crippen molar-refractivity contribution in [1.82, 2.24) is 10.6 Å². The predicted molar refractivity (Wildman–Crippen MR) is 100.0 cm³/mol. The number of hydrogen-bond donors (Lipinski definition) is 2.